The van der Waals surface area contributed by atoms with Gasteiger partial charge in [-0.3, -0.25) is 0 Å². The van der Waals surface area contributed by atoms with Gasteiger partial charge in [0.1, 0.15) is 0 Å². The van der Waals surface area contributed by atoms with Crippen LogP contribution < -0.4 is 11.5 Å². The van der Waals surface area contributed by atoms with Gasteiger partial charge in [0, 0.05) is 11.1 Å². The van der Waals surface area contributed by atoms with Crippen LogP contribution in [-0.2, 0) is 5.41 Å². The molecule has 0 amide bonds. The van der Waals surface area contributed by atoms with Gasteiger partial charge in [-0.2, -0.15) is 26.3 Å². The molecule has 0 heterocycles. The first kappa shape index (κ1) is 21.9. The smallest absolute Gasteiger partial charge is 0.409 e. The van der Waals surface area contributed by atoms with Crippen molar-refractivity contribution >= 4 is 11.7 Å². The third kappa shape index (κ3) is 3.65. The van der Waals surface area contributed by atoms with Crippen molar-refractivity contribution in [2.45, 2.75) is 17.8 Å². The molecular weight excluding hydrogens is 406 g/mol. The Hall–Kier alpha value is -3.44. The Balaban J connectivity index is 2.80. The molecule has 2 rings (SSSR count). The molecule has 6 N–H and O–H groups in total. The molecule has 0 saturated carbocycles. The highest BCUT2D eigenvalue weighted by Gasteiger charge is 2.72. The van der Waals surface area contributed by atoms with Crippen molar-refractivity contribution in [3.63, 3.8) is 0 Å². The molecule has 0 fully saturated rings. The number of hydrogen-bond acceptors (Lipinski definition) is 4. The second-order valence-corrected chi connectivity index (χ2v) is 5.87. The standard InChI is InChI=1S/C17H14F6N4O2/c18-16(19,20)15(17(21,22)23,11-5-1-9(2-6-11)13(24)26-28)12-7-3-10(4-8-12)14(25)27-29/h1-8,28-29H,(H2,24,26)(H2,25,27). The van der Waals surface area contributed by atoms with Gasteiger partial charge in [-0.1, -0.05) is 58.8 Å². The monoisotopic (exact) mass is 420 g/mol. The number of alkyl halides is 6. The number of amidine groups is 2. The van der Waals surface area contributed by atoms with Gasteiger partial charge in [-0.25, -0.2) is 0 Å². The largest absolute Gasteiger partial charge is 0.411 e. The van der Waals surface area contributed by atoms with Crippen molar-refractivity contribution in [1.29, 1.82) is 0 Å². The predicted octanol–water partition coefficient (Wildman–Crippen LogP) is 3.29. The molecule has 0 aliphatic heterocycles. The van der Waals surface area contributed by atoms with E-state index in [0.29, 0.717) is 24.3 Å². The van der Waals surface area contributed by atoms with Crippen LogP contribution in [-0.4, -0.2) is 34.4 Å². The quantitative estimate of drug-likeness (QED) is 0.200. The average Bonchev–Trinajstić information content (AvgIpc) is 2.66. The van der Waals surface area contributed by atoms with E-state index in [0.717, 1.165) is 24.3 Å². The summed E-state index contributed by atoms with van der Waals surface area (Å²) in [5, 5.41) is 22.5. The predicted molar refractivity (Wildman–Crippen MR) is 90.8 cm³/mol. The first-order chi connectivity index (χ1) is 13.4. The van der Waals surface area contributed by atoms with Crippen molar-refractivity contribution in [2.75, 3.05) is 0 Å². The highest BCUT2D eigenvalue weighted by Crippen LogP contribution is 2.56. The second kappa shape index (κ2) is 7.53. The molecule has 6 nitrogen and oxygen atoms in total. The fourth-order valence-corrected chi connectivity index (χ4v) is 2.88. The van der Waals surface area contributed by atoms with E-state index in [-0.39, 0.29) is 11.1 Å². The summed E-state index contributed by atoms with van der Waals surface area (Å²) < 4.78 is 84.0. The van der Waals surface area contributed by atoms with Crippen LogP contribution >= 0.6 is 0 Å². The number of hydrogen-bond donors (Lipinski definition) is 4. The number of rotatable bonds is 4. The summed E-state index contributed by atoms with van der Waals surface area (Å²) >= 11 is 0. The van der Waals surface area contributed by atoms with E-state index < -0.39 is 40.6 Å². The summed E-state index contributed by atoms with van der Waals surface area (Å²) in [5.41, 5.74) is 3.86. The van der Waals surface area contributed by atoms with Crippen LogP contribution in [0.25, 0.3) is 0 Å². The summed E-state index contributed by atoms with van der Waals surface area (Å²) in [4.78, 5) is 0. The minimum Gasteiger partial charge on any atom is -0.409 e. The molecule has 0 radical (unpaired) electrons. The molecule has 0 spiro atoms. The second-order valence-electron chi connectivity index (χ2n) is 5.87. The normalized spacial score (nSPS) is 14.1. The minimum absolute atomic E-state index is 0.0724. The third-order valence-electron chi connectivity index (χ3n) is 4.29. The number of halogens is 6. The Morgan fingerprint density at radius 3 is 1.10 bits per heavy atom. The molecule has 0 aromatic heterocycles. The van der Waals surface area contributed by atoms with Crippen molar-refractivity contribution in [2.24, 2.45) is 21.8 Å². The average molecular weight is 420 g/mol. The Bertz CT molecular complexity index is 841. The Morgan fingerprint density at radius 1 is 0.621 bits per heavy atom. The van der Waals surface area contributed by atoms with Gasteiger partial charge < -0.3 is 21.9 Å². The summed E-state index contributed by atoms with van der Waals surface area (Å²) in [6.45, 7) is 0. The van der Waals surface area contributed by atoms with Crippen LogP contribution in [0.2, 0.25) is 0 Å². The number of benzene rings is 2. The Labute approximate surface area is 159 Å². The maximum atomic E-state index is 14.0. The van der Waals surface area contributed by atoms with E-state index in [9.17, 15) is 26.3 Å². The molecule has 29 heavy (non-hydrogen) atoms. The Kier molecular flexibility index (Phi) is 5.67. The first-order valence-corrected chi connectivity index (χ1v) is 7.70. The van der Waals surface area contributed by atoms with Gasteiger partial charge in [0.15, 0.2) is 11.7 Å². The summed E-state index contributed by atoms with van der Waals surface area (Å²) in [6.07, 6.45) is -11.6. The molecule has 0 saturated heterocycles. The van der Waals surface area contributed by atoms with E-state index >= 15 is 0 Å². The van der Waals surface area contributed by atoms with Crippen molar-refractivity contribution < 1.29 is 36.8 Å². The highest BCUT2D eigenvalue weighted by molar-refractivity contribution is 5.97. The van der Waals surface area contributed by atoms with Gasteiger partial charge in [0.2, 0.25) is 5.41 Å². The van der Waals surface area contributed by atoms with E-state index in [1.54, 1.807) is 0 Å². The van der Waals surface area contributed by atoms with Gasteiger partial charge >= 0.3 is 12.4 Å². The van der Waals surface area contributed by atoms with Crippen LogP contribution in [0.15, 0.2) is 58.8 Å². The lowest BCUT2D eigenvalue weighted by atomic mass is 9.72. The third-order valence-corrected chi connectivity index (χ3v) is 4.29. The van der Waals surface area contributed by atoms with Gasteiger partial charge in [0.05, 0.1) is 0 Å². The lowest BCUT2D eigenvalue weighted by Gasteiger charge is -2.38. The van der Waals surface area contributed by atoms with E-state index in [1.807, 2.05) is 0 Å². The minimum atomic E-state index is -5.78. The zero-order chi connectivity index (χ0) is 22.0. The number of nitrogens with two attached hydrogens (primary N) is 2. The maximum absolute atomic E-state index is 14.0. The van der Waals surface area contributed by atoms with Crippen molar-refractivity contribution in [3.05, 3.63) is 70.8 Å². The van der Waals surface area contributed by atoms with E-state index in [1.165, 1.54) is 0 Å². The molecule has 156 valence electrons. The van der Waals surface area contributed by atoms with Crippen molar-refractivity contribution in [1.82, 2.24) is 0 Å². The van der Waals surface area contributed by atoms with Crippen LogP contribution in [0.5, 0.6) is 0 Å². The summed E-state index contributed by atoms with van der Waals surface area (Å²) in [5.74, 6) is -0.964. The molecule has 0 aliphatic rings. The lowest BCUT2D eigenvalue weighted by Crippen LogP contribution is -2.54. The fraction of sp³-hybridized carbons (Fsp3) is 0.176. The van der Waals surface area contributed by atoms with Crippen molar-refractivity contribution in [3.8, 4) is 0 Å². The molecule has 0 unspecified atom stereocenters. The molecule has 0 atom stereocenters. The van der Waals surface area contributed by atoms with Crippen LogP contribution in [0.1, 0.15) is 22.3 Å². The van der Waals surface area contributed by atoms with Gasteiger partial charge in [-0.15, -0.1) is 0 Å². The number of nitrogens with zero attached hydrogens (tertiary/aromatic N) is 2. The molecule has 2 aromatic rings. The molecule has 0 bridgehead atoms. The molecular formula is C17H14F6N4O2. The Morgan fingerprint density at radius 2 is 0.897 bits per heavy atom. The fourth-order valence-electron chi connectivity index (χ4n) is 2.88. The van der Waals surface area contributed by atoms with E-state index in [2.05, 4.69) is 10.3 Å². The lowest BCUT2D eigenvalue weighted by molar-refractivity contribution is -0.288. The van der Waals surface area contributed by atoms with Crippen LogP contribution in [0.3, 0.4) is 0 Å². The number of oxime groups is 2. The summed E-state index contributed by atoms with van der Waals surface area (Å²) in [6, 6.07) is 5.92. The van der Waals surface area contributed by atoms with E-state index in [4.69, 9.17) is 21.9 Å². The summed E-state index contributed by atoms with van der Waals surface area (Å²) in [7, 11) is 0. The topological polar surface area (TPSA) is 117 Å². The first-order valence-electron chi connectivity index (χ1n) is 7.70. The zero-order valence-electron chi connectivity index (χ0n) is 14.3. The molecule has 0 aliphatic carbocycles. The molecule has 2 aromatic carbocycles. The van der Waals surface area contributed by atoms with Crippen LogP contribution in [0, 0.1) is 0 Å². The van der Waals surface area contributed by atoms with Crippen LogP contribution in [0.4, 0.5) is 26.3 Å². The highest BCUT2D eigenvalue weighted by atomic mass is 19.4. The zero-order valence-corrected chi connectivity index (χ0v) is 14.3. The SMILES string of the molecule is NC(=NO)c1ccc(C(c2ccc(/C(N)=N/O)cc2)(C(F)(F)F)C(F)(F)F)cc1. The molecule has 12 heteroatoms. The van der Waals surface area contributed by atoms with Gasteiger partial charge in [0.25, 0.3) is 0 Å². The maximum Gasteiger partial charge on any atom is 0.411 e. The van der Waals surface area contributed by atoms with Gasteiger partial charge in [-0.05, 0) is 11.1 Å².